The molecule has 1 atom stereocenters. The predicted molar refractivity (Wildman–Crippen MR) is 60.2 cm³/mol. The van der Waals surface area contributed by atoms with E-state index in [1.165, 1.54) is 10.4 Å². The minimum absolute atomic E-state index is 0.206. The summed E-state index contributed by atoms with van der Waals surface area (Å²) in [5, 5.41) is 2.22. The molecule has 13 heavy (non-hydrogen) atoms. The molecule has 0 saturated heterocycles. The monoisotopic (exact) mass is 197 g/mol. The van der Waals surface area contributed by atoms with Crippen LogP contribution in [-0.4, -0.2) is 0 Å². The molecule has 0 saturated carbocycles. The summed E-state index contributed by atoms with van der Waals surface area (Å²) in [7, 11) is 0. The quantitative estimate of drug-likeness (QED) is 0.788. The molecule has 0 bridgehead atoms. The smallest absolute Gasteiger partial charge is 0.0413 e. The topological polar surface area (TPSA) is 26.0 Å². The maximum Gasteiger partial charge on any atom is 0.0413 e. The Kier molecular flexibility index (Phi) is 3.51. The van der Waals surface area contributed by atoms with E-state index >= 15 is 0 Å². The molecule has 0 unspecified atom stereocenters. The SMILES string of the molecule is CC(C)c1csc([C@H](N)C(C)C)c1. The molecule has 0 spiro atoms. The van der Waals surface area contributed by atoms with E-state index in [1.54, 1.807) is 11.3 Å². The number of hydrogen-bond donors (Lipinski definition) is 1. The van der Waals surface area contributed by atoms with Crippen molar-refractivity contribution in [2.45, 2.75) is 39.7 Å². The average molecular weight is 197 g/mol. The zero-order valence-corrected chi connectivity index (χ0v) is 9.69. The molecule has 1 rings (SSSR count). The van der Waals surface area contributed by atoms with Crippen LogP contribution in [0.3, 0.4) is 0 Å². The van der Waals surface area contributed by atoms with Gasteiger partial charge in [0.1, 0.15) is 0 Å². The summed E-state index contributed by atoms with van der Waals surface area (Å²) >= 11 is 1.79. The minimum Gasteiger partial charge on any atom is -0.323 e. The lowest BCUT2D eigenvalue weighted by atomic mass is 10.0. The highest BCUT2D eigenvalue weighted by molar-refractivity contribution is 7.10. The van der Waals surface area contributed by atoms with E-state index in [9.17, 15) is 0 Å². The van der Waals surface area contributed by atoms with Gasteiger partial charge in [-0.3, -0.25) is 0 Å². The Balaban J connectivity index is 2.79. The molecule has 1 nitrogen and oxygen atoms in total. The molecule has 0 amide bonds. The molecule has 2 N–H and O–H groups in total. The lowest BCUT2D eigenvalue weighted by Gasteiger charge is -2.12. The second-order valence-electron chi connectivity index (χ2n) is 4.21. The van der Waals surface area contributed by atoms with Gasteiger partial charge in [0.2, 0.25) is 0 Å². The van der Waals surface area contributed by atoms with Gasteiger partial charge in [-0.25, -0.2) is 0 Å². The lowest BCUT2D eigenvalue weighted by Crippen LogP contribution is -2.15. The first-order valence-corrected chi connectivity index (χ1v) is 5.74. The van der Waals surface area contributed by atoms with Crippen LogP contribution in [0.2, 0.25) is 0 Å². The summed E-state index contributed by atoms with van der Waals surface area (Å²) in [5.41, 5.74) is 7.47. The van der Waals surface area contributed by atoms with Crippen LogP contribution in [-0.2, 0) is 0 Å². The summed E-state index contributed by atoms with van der Waals surface area (Å²) in [6.07, 6.45) is 0. The fourth-order valence-electron chi connectivity index (χ4n) is 1.17. The van der Waals surface area contributed by atoms with Crippen LogP contribution in [0.25, 0.3) is 0 Å². The molecule has 1 heterocycles. The van der Waals surface area contributed by atoms with E-state index < -0.39 is 0 Å². The van der Waals surface area contributed by atoms with E-state index in [0.29, 0.717) is 11.8 Å². The second-order valence-corrected chi connectivity index (χ2v) is 5.15. The fourth-order valence-corrected chi connectivity index (χ4v) is 2.42. The second kappa shape index (κ2) is 4.25. The van der Waals surface area contributed by atoms with Gasteiger partial charge in [0.25, 0.3) is 0 Å². The third-order valence-corrected chi connectivity index (χ3v) is 3.41. The standard InChI is InChI=1S/C11H19NS/c1-7(2)9-5-10(13-6-9)11(12)8(3)4/h5-8,11H,12H2,1-4H3/t11-/m1/s1. The maximum absolute atomic E-state index is 6.06. The zero-order chi connectivity index (χ0) is 10.0. The van der Waals surface area contributed by atoms with Crippen molar-refractivity contribution in [3.05, 3.63) is 21.9 Å². The molecule has 0 radical (unpaired) electrons. The molecule has 0 aromatic carbocycles. The first kappa shape index (κ1) is 10.7. The molecule has 1 aromatic heterocycles. The van der Waals surface area contributed by atoms with Gasteiger partial charge in [0.15, 0.2) is 0 Å². The van der Waals surface area contributed by atoms with Crippen molar-refractivity contribution >= 4 is 11.3 Å². The molecular weight excluding hydrogens is 178 g/mol. The average Bonchev–Trinajstić information content (AvgIpc) is 2.50. The molecule has 2 heteroatoms. The lowest BCUT2D eigenvalue weighted by molar-refractivity contribution is 0.521. The van der Waals surface area contributed by atoms with Crippen molar-refractivity contribution in [3.8, 4) is 0 Å². The summed E-state index contributed by atoms with van der Waals surface area (Å²) in [4.78, 5) is 1.32. The van der Waals surface area contributed by atoms with Crippen molar-refractivity contribution in [1.29, 1.82) is 0 Å². The van der Waals surface area contributed by atoms with Crippen LogP contribution in [0.5, 0.6) is 0 Å². The number of thiophene rings is 1. The number of rotatable bonds is 3. The van der Waals surface area contributed by atoms with Crippen LogP contribution < -0.4 is 5.73 Å². The molecule has 74 valence electrons. The normalized spacial score (nSPS) is 14.1. The van der Waals surface area contributed by atoms with Gasteiger partial charge in [-0.2, -0.15) is 0 Å². The summed E-state index contributed by atoms with van der Waals surface area (Å²) < 4.78 is 0. The van der Waals surface area contributed by atoms with Crippen LogP contribution >= 0.6 is 11.3 Å². The third-order valence-electron chi connectivity index (χ3n) is 2.35. The van der Waals surface area contributed by atoms with Crippen molar-refractivity contribution < 1.29 is 0 Å². The van der Waals surface area contributed by atoms with Crippen molar-refractivity contribution in [1.82, 2.24) is 0 Å². The van der Waals surface area contributed by atoms with E-state index in [4.69, 9.17) is 5.73 Å². The van der Waals surface area contributed by atoms with Crippen LogP contribution in [0.4, 0.5) is 0 Å². The third kappa shape index (κ3) is 2.55. The first-order valence-electron chi connectivity index (χ1n) is 4.86. The van der Waals surface area contributed by atoms with Gasteiger partial charge in [-0.1, -0.05) is 27.7 Å². The minimum atomic E-state index is 0.206. The molecule has 0 aliphatic carbocycles. The van der Waals surface area contributed by atoms with Gasteiger partial charge >= 0.3 is 0 Å². The number of nitrogens with two attached hydrogens (primary N) is 1. The van der Waals surface area contributed by atoms with Gasteiger partial charge in [-0.15, -0.1) is 11.3 Å². The Hall–Kier alpha value is -0.340. The Labute approximate surface area is 85.0 Å². The largest absolute Gasteiger partial charge is 0.323 e. The van der Waals surface area contributed by atoms with Crippen LogP contribution in [0.1, 0.15) is 50.1 Å². The maximum atomic E-state index is 6.06. The predicted octanol–water partition coefficient (Wildman–Crippen LogP) is 3.53. The Morgan fingerprint density at radius 3 is 2.23 bits per heavy atom. The molecule has 0 fully saturated rings. The van der Waals surface area contributed by atoms with E-state index in [2.05, 4.69) is 39.1 Å². The van der Waals surface area contributed by atoms with Gasteiger partial charge < -0.3 is 5.73 Å². The fraction of sp³-hybridized carbons (Fsp3) is 0.636. The summed E-state index contributed by atoms with van der Waals surface area (Å²) in [5.74, 6) is 1.14. The van der Waals surface area contributed by atoms with E-state index in [-0.39, 0.29) is 6.04 Å². The molecule has 1 aromatic rings. The number of hydrogen-bond acceptors (Lipinski definition) is 2. The zero-order valence-electron chi connectivity index (χ0n) is 8.87. The van der Waals surface area contributed by atoms with Gasteiger partial charge in [0.05, 0.1) is 0 Å². The van der Waals surface area contributed by atoms with Crippen molar-refractivity contribution in [3.63, 3.8) is 0 Å². The Morgan fingerprint density at radius 1 is 1.23 bits per heavy atom. The van der Waals surface area contributed by atoms with Crippen LogP contribution in [0, 0.1) is 5.92 Å². The summed E-state index contributed by atoms with van der Waals surface area (Å²) in [6, 6.07) is 2.46. The molecule has 0 aliphatic heterocycles. The first-order chi connectivity index (χ1) is 6.02. The van der Waals surface area contributed by atoms with E-state index in [0.717, 1.165) is 0 Å². The van der Waals surface area contributed by atoms with Crippen LogP contribution in [0.15, 0.2) is 11.4 Å². The highest BCUT2D eigenvalue weighted by Crippen LogP contribution is 2.28. The van der Waals surface area contributed by atoms with Crippen molar-refractivity contribution in [2.75, 3.05) is 0 Å². The highest BCUT2D eigenvalue weighted by atomic mass is 32.1. The highest BCUT2D eigenvalue weighted by Gasteiger charge is 2.13. The van der Waals surface area contributed by atoms with E-state index in [1.807, 2.05) is 0 Å². The van der Waals surface area contributed by atoms with Crippen molar-refractivity contribution in [2.24, 2.45) is 11.7 Å². The Morgan fingerprint density at radius 2 is 1.85 bits per heavy atom. The summed E-state index contributed by atoms with van der Waals surface area (Å²) in [6.45, 7) is 8.76. The van der Waals surface area contributed by atoms with Gasteiger partial charge in [0, 0.05) is 10.9 Å². The van der Waals surface area contributed by atoms with Gasteiger partial charge in [-0.05, 0) is 28.8 Å². The Bertz CT molecular complexity index is 263. The molecule has 0 aliphatic rings. The molecular formula is C11H19NS.